The third-order valence-corrected chi connectivity index (χ3v) is 2.70. The van der Waals surface area contributed by atoms with Gasteiger partial charge in [-0.25, -0.2) is 4.98 Å². The van der Waals surface area contributed by atoms with E-state index in [4.69, 9.17) is 0 Å². The Morgan fingerprint density at radius 3 is 3.07 bits per heavy atom. The quantitative estimate of drug-likeness (QED) is 0.629. The van der Waals surface area contributed by atoms with Gasteiger partial charge in [0.25, 0.3) is 0 Å². The number of H-pyrrole nitrogens is 1. The standard InChI is InChI=1S/C10H9N3OS/c14-9(8-2-1-3-12-8)7-15-10-6-11-4-5-13-10/h1-6,12H,7H2. The van der Waals surface area contributed by atoms with Crippen molar-refractivity contribution in [2.24, 2.45) is 0 Å². The summed E-state index contributed by atoms with van der Waals surface area (Å²) in [6.07, 6.45) is 6.60. The maximum atomic E-state index is 11.6. The second-order valence-corrected chi connectivity index (χ2v) is 3.83. The summed E-state index contributed by atoms with van der Waals surface area (Å²) < 4.78 is 0. The monoisotopic (exact) mass is 219 g/mol. The molecule has 0 aliphatic heterocycles. The van der Waals surface area contributed by atoms with Crippen molar-refractivity contribution >= 4 is 17.5 Å². The Balaban J connectivity index is 1.92. The molecule has 0 saturated heterocycles. The van der Waals surface area contributed by atoms with Crippen molar-refractivity contribution < 1.29 is 4.79 Å². The number of hydrogen-bond donors (Lipinski definition) is 1. The first-order chi connectivity index (χ1) is 7.36. The number of hydrogen-bond acceptors (Lipinski definition) is 4. The van der Waals surface area contributed by atoms with Gasteiger partial charge < -0.3 is 4.98 Å². The lowest BCUT2D eigenvalue weighted by atomic mass is 10.3. The Hall–Kier alpha value is -1.62. The molecule has 2 heterocycles. The summed E-state index contributed by atoms with van der Waals surface area (Å²) in [5.74, 6) is 0.440. The Morgan fingerprint density at radius 1 is 1.47 bits per heavy atom. The van der Waals surface area contributed by atoms with Crippen molar-refractivity contribution in [3.05, 3.63) is 42.6 Å². The van der Waals surface area contributed by atoms with Gasteiger partial charge in [-0.3, -0.25) is 9.78 Å². The van der Waals surface area contributed by atoms with Crippen LogP contribution in [0.15, 0.2) is 41.9 Å². The summed E-state index contributed by atoms with van der Waals surface area (Å²) in [7, 11) is 0. The van der Waals surface area contributed by atoms with Gasteiger partial charge in [0.15, 0.2) is 5.78 Å². The van der Waals surface area contributed by atoms with Crippen molar-refractivity contribution in [2.75, 3.05) is 5.75 Å². The Kier molecular flexibility index (Phi) is 3.14. The Morgan fingerprint density at radius 2 is 2.40 bits per heavy atom. The van der Waals surface area contributed by atoms with E-state index in [0.29, 0.717) is 11.4 Å². The number of carbonyl (C=O) groups is 1. The van der Waals surface area contributed by atoms with Crippen LogP contribution >= 0.6 is 11.8 Å². The summed E-state index contributed by atoms with van der Waals surface area (Å²) >= 11 is 1.38. The second kappa shape index (κ2) is 4.75. The fourth-order valence-corrected chi connectivity index (χ4v) is 1.79. The van der Waals surface area contributed by atoms with Crippen LogP contribution in [0.2, 0.25) is 0 Å². The molecule has 76 valence electrons. The highest BCUT2D eigenvalue weighted by molar-refractivity contribution is 7.99. The fourth-order valence-electron chi connectivity index (χ4n) is 1.08. The number of nitrogens with zero attached hydrogens (tertiary/aromatic N) is 2. The molecular formula is C10H9N3OS. The molecule has 5 heteroatoms. The van der Waals surface area contributed by atoms with Crippen LogP contribution in [-0.4, -0.2) is 26.5 Å². The maximum Gasteiger partial charge on any atom is 0.189 e. The van der Waals surface area contributed by atoms with Crippen LogP contribution in [0.5, 0.6) is 0 Å². The van der Waals surface area contributed by atoms with E-state index in [1.807, 2.05) is 0 Å². The molecule has 0 spiro atoms. The summed E-state index contributed by atoms with van der Waals surface area (Å²) in [6, 6.07) is 3.57. The summed E-state index contributed by atoms with van der Waals surface area (Å²) in [5.41, 5.74) is 0.631. The molecule has 1 N–H and O–H groups in total. The zero-order chi connectivity index (χ0) is 10.5. The van der Waals surface area contributed by atoms with Crippen LogP contribution in [0.25, 0.3) is 0 Å². The molecule has 4 nitrogen and oxygen atoms in total. The molecule has 2 rings (SSSR count). The minimum atomic E-state index is 0.0654. The molecule has 2 aromatic rings. The van der Waals surface area contributed by atoms with Gasteiger partial charge in [-0.2, -0.15) is 0 Å². The number of nitrogens with one attached hydrogen (secondary N) is 1. The predicted molar refractivity (Wildman–Crippen MR) is 57.9 cm³/mol. The van der Waals surface area contributed by atoms with Gasteiger partial charge in [0.2, 0.25) is 0 Å². The lowest BCUT2D eigenvalue weighted by Gasteiger charge is -1.97. The molecule has 0 aliphatic carbocycles. The van der Waals surface area contributed by atoms with E-state index in [1.54, 1.807) is 36.9 Å². The van der Waals surface area contributed by atoms with Gasteiger partial charge in [-0.05, 0) is 12.1 Å². The largest absolute Gasteiger partial charge is 0.359 e. The van der Waals surface area contributed by atoms with Gasteiger partial charge >= 0.3 is 0 Å². The normalized spacial score (nSPS) is 10.1. The highest BCUT2D eigenvalue weighted by atomic mass is 32.2. The predicted octanol–water partition coefficient (Wildman–Crippen LogP) is 1.78. The van der Waals surface area contributed by atoms with Gasteiger partial charge in [0.1, 0.15) is 5.03 Å². The molecule has 0 aromatic carbocycles. The van der Waals surface area contributed by atoms with Crippen LogP contribution in [0, 0.1) is 0 Å². The number of aromatic amines is 1. The van der Waals surface area contributed by atoms with Crippen LogP contribution < -0.4 is 0 Å². The molecule has 0 amide bonds. The molecule has 0 fully saturated rings. The first-order valence-corrected chi connectivity index (χ1v) is 5.40. The van der Waals surface area contributed by atoms with E-state index in [9.17, 15) is 4.79 Å². The topological polar surface area (TPSA) is 58.6 Å². The lowest BCUT2D eigenvalue weighted by molar-refractivity contribution is 0.101. The van der Waals surface area contributed by atoms with E-state index >= 15 is 0 Å². The van der Waals surface area contributed by atoms with Crippen molar-refractivity contribution in [3.8, 4) is 0 Å². The molecule has 0 unspecified atom stereocenters. The zero-order valence-corrected chi connectivity index (χ0v) is 8.70. The number of rotatable bonds is 4. The van der Waals surface area contributed by atoms with E-state index in [-0.39, 0.29) is 5.78 Å². The smallest absolute Gasteiger partial charge is 0.189 e. The zero-order valence-electron chi connectivity index (χ0n) is 7.88. The molecular weight excluding hydrogens is 210 g/mol. The van der Waals surface area contributed by atoms with Crippen LogP contribution in [0.3, 0.4) is 0 Å². The van der Waals surface area contributed by atoms with E-state index < -0.39 is 0 Å². The second-order valence-electron chi connectivity index (χ2n) is 2.84. The fraction of sp³-hybridized carbons (Fsp3) is 0.100. The molecule has 0 bridgehead atoms. The van der Waals surface area contributed by atoms with Crippen LogP contribution in [0.4, 0.5) is 0 Å². The first kappa shape index (κ1) is 9.92. The van der Waals surface area contributed by atoms with Gasteiger partial charge in [-0.15, -0.1) is 0 Å². The number of thioether (sulfide) groups is 1. The van der Waals surface area contributed by atoms with Gasteiger partial charge in [0.05, 0.1) is 17.6 Å². The summed E-state index contributed by atoms with van der Waals surface area (Å²) in [6.45, 7) is 0. The minimum absolute atomic E-state index is 0.0654. The maximum absolute atomic E-state index is 11.6. The number of Topliss-reactive ketones (excluding diaryl/α,β-unsaturated/α-hetero) is 1. The number of ketones is 1. The Labute approximate surface area is 91.2 Å². The SMILES string of the molecule is O=C(CSc1cnccn1)c1ccc[nH]1. The lowest BCUT2D eigenvalue weighted by Crippen LogP contribution is -2.02. The first-order valence-electron chi connectivity index (χ1n) is 4.41. The van der Waals surface area contributed by atoms with Crippen molar-refractivity contribution in [1.29, 1.82) is 0 Å². The van der Waals surface area contributed by atoms with Crippen LogP contribution in [-0.2, 0) is 0 Å². The minimum Gasteiger partial charge on any atom is -0.359 e. The van der Waals surface area contributed by atoms with Gasteiger partial charge in [-0.1, -0.05) is 11.8 Å². The molecule has 0 aliphatic rings. The number of aromatic nitrogens is 3. The molecule has 0 radical (unpaired) electrons. The average Bonchev–Trinajstić information content (AvgIpc) is 2.81. The highest BCUT2D eigenvalue weighted by Gasteiger charge is 2.07. The van der Waals surface area contributed by atoms with Crippen molar-refractivity contribution in [1.82, 2.24) is 15.0 Å². The highest BCUT2D eigenvalue weighted by Crippen LogP contribution is 2.14. The molecule has 0 atom stereocenters. The summed E-state index contributed by atoms with van der Waals surface area (Å²) in [5, 5.41) is 0.761. The third-order valence-electron chi connectivity index (χ3n) is 1.79. The molecule has 2 aromatic heterocycles. The average molecular weight is 219 g/mol. The van der Waals surface area contributed by atoms with Crippen molar-refractivity contribution in [3.63, 3.8) is 0 Å². The summed E-state index contributed by atoms with van der Waals surface area (Å²) in [4.78, 5) is 22.4. The van der Waals surface area contributed by atoms with Gasteiger partial charge in [0, 0.05) is 18.6 Å². The van der Waals surface area contributed by atoms with E-state index in [1.165, 1.54) is 11.8 Å². The number of carbonyl (C=O) groups excluding carboxylic acids is 1. The van der Waals surface area contributed by atoms with Crippen LogP contribution in [0.1, 0.15) is 10.5 Å². The Bertz CT molecular complexity index is 427. The molecule has 0 saturated carbocycles. The van der Waals surface area contributed by atoms with E-state index in [0.717, 1.165) is 5.03 Å². The van der Waals surface area contributed by atoms with E-state index in [2.05, 4.69) is 15.0 Å². The third kappa shape index (κ3) is 2.66. The van der Waals surface area contributed by atoms with Crippen molar-refractivity contribution in [2.45, 2.75) is 5.03 Å². The molecule has 15 heavy (non-hydrogen) atoms.